The molecule has 1 saturated carbocycles. The van der Waals surface area contributed by atoms with Gasteiger partial charge in [0.2, 0.25) is 0 Å². The number of ketones is 1. The minimum Gasteiger partial charge on any atom is -0.396 e. The summed E-state index contributed by atoms with van der Waals surface area (Å²) in [6.07, 6.45) is 2.87. The Labute approximate surface area is 157 Å². The normalized spacial score (nSPS) is 22.1. The van der Waals surface area contributed by atoms with Crippen LogP contribution in [0.5, 0.6) is 0 Å². The molecule has 0 radical (unpaired) electrons. The Bertz CT molecular complexity index is 719. The summed E-state index contributed by atoms with van der Waals surface area (Å²) in [5.74, 6) is 0.660. The van der Waals surface area contributed by atoms with Crippen LogP contribution in [0.4, 0.5) is 0 Å². The SMILES string of the molecule is COCCOC1C(C(=O)c2ccccc2S(C)=O)=C(C2CC2)ON1Br. The molecule has 0 aromatic heterocycles. The summed E-state index contributed by atoms with van der Waals surface area (Å²) in [5, 5.41) is 0. The molecular formula is C17H20BrNO5S. The van der Waals surface area contributed by atoms with E-state index in [2.05, 4.69) is 16.1 Å². The number of halogens is 1. The second-order valence-electron chi connectivity index (χ2n) is 5.91. The number of hydrogen-bond acceptors (Lipinski definition) is 6. The van der Waals surface area contributed by atoms with Gasteiger partial charge < -0.3 is 14.3 Å². The Balaban J connectivity index is 1.96. The van der Waals surface area contributed by atoms with Gasteiger partial charge in [0.25, 0.3) is 0 Å². The predicted molar refractivity (Wildman–Crippen MR) is 96.3 cm³/mol. The molecule has 0 spiro atoms. The fourth-order valence-electron chi connectivity index (χ4n) is 2.71. The molecule has 1 aromatic carbocycles. The lowest BCUT2D eigenvalue weighted by Crippen LogP contribution is -2.30. The highest BCUT2D eigenvalue weighted by Crippen LogP contribution is 2.45. The van der Waals surface area contributed by atoms with Crippen LogP contribution >= 0.6 is 16.1 Å². The summed E-state index contributed by atoms with van der Waals surface area (Å²) in [6, 6.07) is 6.95. The van der Waals surface area contributed by atoms with Crippen molar-refractivity contribution in [2.45, 2.75) is 24.0 Å². The Morgan fingerprint density at radius 2 is 2.08 bits per heavy atom. The monoisotopic (exact) mass is 429 g/mol. The first-order valence-corrected chi connectivity index (χ1v) is 10.3. The third-order valence-electron chi connectivity index (χ3n) is 4.08. The summed E-state index contributed by atoms with van der Waals surface area (Å²) in [7, 11) is 0.323. The van der Waals surface area contributed by atoms with Crippen LogP contribution in [0.25, 0.3) is 0 Å². The van der Waals surface area contributed by atoms with Crippen molar-refractivity contribution >= 4 is 32.7 Å². The molecule has 0 bridgehead atoms. The first kappa shape index (κ1) is 18.7. The molecule has 0 N–H and O–H groups in total. The second kappa shape index (κ2) is 8.09. The number of hydrogen-bond donors (Lipinski definition) is 0. The zero-order chi connectivity index (χ0) is 18.0. The van der Waals surface area contributed by atoms with E-state index in [4.69, 9.17) is 14.3 Å². The molecule has 0 amide bonds. The molecule has 1 fully saturated rings. The Morgan fingerprint density at radius 3 is 2.72 bits per heavy atom. The summed E-state index contributed by atoms with van der Waals surface area (Å²) in [6.45, 7) is 0.732. The molecule has 2 unspecified atom stereocenters. The molecule has 2 aliphatic rings. The average Bonchev–Trinajstić information content (AvgIpc) is 3.39. The lowest BCUT2D eigenvalue weighted by molar-refractivity contribution is -0.116. The zero-order valence-corrected chi connectivity index (χ0v) is 16.5. The van der Waals surface area contributed by atoms with E-state index in [0.717, 1.165) is 12.8 Å². The topological polar surface area (TPSA) is 65.1 Å². The van der Waals surface area contributed by atoms with E-state index in [-0.39, 0.29) is 11.7 Å². The van der Waals surface area contributed by atoms with Crippen LogP contribution in [-0.2, 0) is 25.1 Å². The van der Waals surface area contributed by atoms with Gasteiger partial charge >= 0.3 is 0 Å². The van der Waals surface area contributed by atoms with E-state index < -0.39 is 17.0 Å². The van der Waals surface area contributed by atoms with Gasteiger partial charge in [-0.3, -0.25) is 9.00 Å². The van der Waals surface area contributed by atoms with E-state index in [1.54, 1.807) is 37.6 Å². The van der Waals surface area contributed by atoms with Gasteiger partial charge in [-0.15, -0.1) is 0 Å². The van der Waals surface area contributed by atoms with Crippen molar-refractivity contribution in [2.75, 3.05) is 26.6 Å². The molecule has 1 aliphatic heterocycles. The molecule has 136 valence electrons. The molecule has 6 nitrogen and oxygen atoms in total. The van der Waals surface area contributed by atoms with Gasteiger partial charge in [0.1, 0.15) is 5.76 Å². The van der Waals surface area contributed by atoms with Crippen LogP contribution in [0, 0.1) is 5.92 Å². The third kappa shape index (κ3) is 4.03. The average molecular weight is 430 g/mol. The Morgan fingerprint density at radius 1 is 1.36 bits per heavy atom. The molecule has 25 heavy (non-hydrogen) atoms. The van der Waals surface area contributed by atoms with Crippen LogP contribution in [0.15, 0.2) is 40.5 Å². The van der Waals surface area contributed by atoms with Gasteiger partial charge in [-0.2, -0.15) is 0 Å². The lowest BCUT2D eigenvalue weighted by Gasteiger charge is -2.18. The summed E-state index contributed by atoms with van der Waals surface area (Å²) in [4.78, 5) is 19.5. The maximum absolute atomic E-state index is 13.3. The largest absolute Gasteiger partial charge is 0.396 e. The fraction of sp³-hybridized carbons (Fsp3) is 0.471. The van der Waals surface area contributed by atoms with Gasteiger partial charge in [0.15, 0.2) is 12.0 Å². The minimum absolute atomic E-state index is 0.211. The van der Waals surface area contributed by atoms with E-state index >= 15 is 0 Å². The molecule has 1 heterocycles. The number of allylic oxidation sites excluding steroid dienone is 1. The third-order valence-corrected chi connectivity index (χ3v) is 5.57. The first-order chi connectivity index (χ1) is 12.0. The van der Waals surface area contributed by atoms with Crippen molar-refractivity contribution < 1.29 is 23.3 Å². The summed E-state index contributed by atoms with van der Waals surface area (Å²) < 4.78 is 24.2. The number of carbonyl (C=O) groups is 1. The number of benzene rings is 1. The first-order valence-electron chi connectivity index (χ1n) is 7.99. The van der Waals surface area contributed by atoms with E-state index in [1.807, 2.05) is 0 Å². The van der Waals surface area contributed by atoms with Crippen LogP contribution in [-0.4, -0.2) is 46.9 Å². The fourth-order valence-corrected chi connectivity index (χ4v) is 3.93. The number of nitrogens with zero attached hydrogens (tertiary/aromatic N) is 1. The second-order valence-corrected chi connectivity index (χ2v) is 7.96. The molecule has 1 aromatic rings. The van der Waals surface area contributed by atoms with Crippen molar-refractivity contribution in [3.05, 3.63) is 41.2 Å². The van der Waals surface area contributed by atoms with Crippen molar-refractivity contribution in [2.24, 2.45) is 5.92 Å². The van der Waals surface area contributed by atoms with Crippen LogP contribution in [0.1, 0.15) is 23.2 Å². The Hall–Kier alpha value is -1.06. The number of ether oxygens (including phenoxy) is 2. The van der Waals surface area contributed by atoms with Gasteiger partial charge in [-0.05, 0) is 29.1 Å². The van der Waals surface area contributed by atoms with E-state index in [1.165, 1.54) is 4.09 Å². The zero-order valence-electron chi connectivity index (χ0n) is 14.1. The number of rotatable bonds is 8. The van der Waals surface area contributed by atoms with Crippen molar-refractivity contribution in [3.8, 4) is 0 Å². The molecule has 1 aliphatic carbocycles. The number of carbonyl (C=O) groups excluding carboxylic acids is 1. The maximum Gasteiger partial charge on any atom is 0.197 e. The number of Topliss-reactive ketones (excluding diaryl/α,β-unsaturated/α-hetero) is 1. The minimum atomic E-state index is -1.26. The molecule has 2 atom stereocenters. The van der Waals surface area contributed by atoms with Crippen molar-refractivity contribution in [1.29, 1.82) is 0 Å². The smallest absolute Gasteiger partial charge is 0.197 e. The van der Waals surface area contributed by atoms with E-state index in [0.29, 0.717) is 35.0 Å². The lowest BCUT2D eigenvalue weighted by atomic mass is 10.00. The number of methoxy groups -OCH3 is 1. The quantitative estimate of drug-likeness (QED) is 0.359. The van der Waals surface area contributed by atoms with Crippen LogP contribution < -0.4 is 0 Å². The number of hydroxylamine groups is 1. The van der Waals surface area contributed by atoms with Crippen LogP contribution in [0.2, 0.25) is 0 Å². The van der Waals surface area contributed by atoms with Crippen LogP contribution in [0.3, 0.4) is 0 Å². The summed E-state index contributed by atoms with van der Waals surface area (Å²) in [5.41, 5.74) is 0.886. The highest BCUT2D eigenvalue weighted by atomic mass is 79.9. The highest BCUT2D eigenvalue weighted by molar-refractivity contribution is 9.07. The maximum atomic E-state index is 13.3. The standard InChI is InChI=1S/C17H20BrNO5S/c1-22-9-10-23-17-14(16(11-7-8-11)24-19(17)18)15(20)12-5-3-4-6-13(12)25(2)21/h3-6,11,17H,7-10H2,1-2H3. The van der Waals surface area contributed by atoms with Gasteiger partial charge in [-0.1, -0.05) is 12.1 Å². The highest BCUT2D eigenvalue weighted by Gasteiger charge is 2.45. The molecule has 8 heteroatoms. The van der Waals surface area contributed by atoms with Gasteiger partial charge in [-0.25, -0.2) is 0 Å². The predicted octanol–water partition coefficient (Wildman–Crippen LogP) is 2.82. The van der Waals surface area contributed by atoms with Crippen molar-refractivity contribution in [3.63, 3.8) is 0 Å². The molecule has 0 saturated heterocycles. The van der Waals surface area contributed by atoms with Crippen molar-refractivity contribution in [1.82, 2.24) is 4.09 Å². The van der Waals surface area contributed by atoms with Gasteiger partial charge in [0, 0.05) is 29.7 Å². The Kier molecular flexibility index (Phi) is 6.06. The molecular weight excluding hydrogens is 410 g/mol. The summed E-state index contributed by atoms with van der Waals surface area (Å²) >= 11 is 3.31. The van der Waals surface area contributed by atoms with E-state index in [9.17, 15) is 9.00 Å². The van der Waals surface area contributed by atoms with Gasteiger partial charge in [0.05, 0.1) is 45.7 Å². The molecule has 3 rings (SSSR count).